The summed E-state index contributed by atoms with van der Waals surface area (Å²) in [5.74, 6) is 1.15. The number of nitrogens with zero attached hydrogens (tertiary/aromatic N) is 1. The normalized spacial score (nSPS) is 80.8. The average Bonchev–Trinajstić information content (AvgIpc) is 3.69. The van der Waals surface area contributed by atoms with Gasteiger partial charge in [0.1, 0.15) is 0 Å². The SMILES string of the molecule is CCCN(C1CCc2cccc(OC)c2C1)C(C)[C]12[CH]3[CH]4[CH]5[CH]1[Fe]45321678[CH]2[CH]1[CH]6[CH]7[CH]28. The Labute approximate surface area is 164 Å². The van der Waals surface area contributed by atoms with E-state index in [1.165, 1.54) is 81.1 Å². The molecule has 10 fully saturated rings. The summed E-state index contributed by atoms with van der Waals surface area (Å²) < 4.78 is 6.81. The van der Waals surface area contributed by atoms with Crippen LogP contribution in [0.2, 0.25) is 47.7 Å². The Balaban J connectivity index is 1.01. The van der Waals surface area contributed by atoms with E-state index in [9.17, 15) is 0 Å². The first-order chi connectivity index (χ1) is 13.9. The van der Waals surface area contributed by atoms with Crippen LogP contribution in [0, 0.1) is 0 Å². The average molecular weight is 431 g/mol. The molecule has 2 nitrogen and oxygen atoms in total. The number of hydrogen-bond acceptors (Lipinski definition) is 2. The van der Waals surface area contributed by atoms with Gasteiger partial charge < -0.3 is 0 Å². The Bertz CT molecular complexity index is 1370. The van der Waals surface area contributed by atoms with Crippen molar-refractivity contribution < 1.29 is 11.2 Å². The zero-order valence-corrected chi connectivity index (χ0v) is 18.9. The topological polar surface area (TPSA) is 12.5 Å². The molecule has 0 N–H and O–H groups in total. The Hall–Kier alpha value is -0.501. The van der Waals surface area contributed by atoms with Crippen molar-refractivity contribution >= 4 is 0 Å². The van der Waals surface area contributed by atoms with Crippen LogP contribution < -0.4 is 4.74 Å². The van der Waals surface area contributed by atoms with Crippen molar-refractivity contribution in [2.24, 2.45) is 0 Å². The molecule has 29 heavy (non-hydrogen) atoms. The fourth-order valence-electron chi connectivity index (χ4n) is 21.0. The molecule has 10 heterocycles. The molecule has 3 heteroatoms. The van der Waals surface area contributed by atoms with Crippen molar-refractivity contribution in [2.45, 2.75) is 99.3 Å². The second-order valence-electron chi connectivity index (χ2n) is 15.1. The van der Waals surface area contributed by atoms with Gasteiger partial charge in [-0.15, -0.1) is 0 Å². The third-order valence-corrected chi connectivity index (χ3v) is 62.3. The summed E-state index contributed by atoms with van der Waals surface area (Å²) in [5, 5.41) is 0. The molecule has 6 unspecified atom stereocenters. The van der Waals surface area contributed by atoms with E-state index in [4.69, 9.17) is 4.74 Å². The van der Waals surface area contributed by atoms with Crippen molar-refractivity contribution in [3.63, 3.8) is 0 Å². The quantitative estimate of drug-likeness (QED) is 0.483. The van der Waals surface area contributed by atoms with E-state index in [1.807, 2.05) is 7.11 Å². The summed E-state index contributed by atoms with van der Waals surface area (Å²) in [4.78, 5) is 16.2. The molecule has 0 aromatic heterocycles. The van der Waals surface area contributed by atoms with Gasteiger partial charge in [0.2, 0.25) is 0 Å². The predicted molar refractivity (Wildman–Crippen MR) is 112 cm³/mol. The molecule has 11 aliphatic rings. The Morgan fingerprint density at radius 3 is 2.31 bits per heavy atom. The molecule has 12 rings (SSSR count). The molecule has 10 aliphatic heterocycles. The summed E-state index contributed by atoms with van der Waals surface area (Å²) in [5.41, 5.74) is 3.09. The van der Waals surface area contributed by atoms with Gasteiger partial charge in [0, 0.05) is 0 Å². The zero-order chi connectivity index (χ0) is 18.8. The van der Waals surface area contributed by atoms with Gasteiger partial charge in [-0.05, 0) is 0 Å². The van der Waals surface area contributed by atoms with Crippen LogP contribution in [0.15, 0.2) is 18.2 Å². The number of benzene rings is 1. The van der Waals surface area contributed by atoms with E-state index in [2.05, 4.69) is 36.9 Å². The van der Waals surface area contributed by atoms with Crippen molar-refractivity contribution in [2.75, 3.05) is 13.7 Å². The zero-order valence-electron chi connectivity index (χ0n) is 17.8. The summed E-state index contributed by atoms with van der Waals surface area (Å²) in [6.07, 6.45) is 5.19. The van der Waals surface area contributed by atoms with E-state index in [0.29, 0.717) is 0 Å². The second kappa shape index (κ2) is 1.77. The molecule has 156 valence electrons. The van der Waals surface area contributed by atoms with E-state index in [0.717, 1.165) is 22.1 Å². The molecule has 1 aromatic carbocycles. The maximum atomic E-state index is 5.80. The number of methoxy groups -OCH3 is 1. The molecule has 1 spiro atoms. The summed E-state index contributed by atoms with van der Waals surface area (Å²) >= 11 is 0. The molecule has 0 radical (unpaired) electrons. The second-order valence-corrected chi connectivity index (χ2v) is 38.7. The number of fused-ring (bicyclic) bond motifs is 11. The number of rotatable bonds is 6. The minimum atomic E-state index is -3.02. The van der Waals surface area contributed by atoms with Crippen molar-refractivity contribution in [1.82, 2.24) is 4.90 Å². The van der Waals surface area contributed by atoms with Gasteiger partial charge in [0.25, 0.3) is 0 Å². The van der Waals surface area contributed by atoms with Gasteiger partial charge in [-0.25, -0.2) is 0 Å². The van der Waals surface area contributed by atoms with Gasteiger partial charge >= 0.3 is 164 Å². The van der Waals surface area contributed by atoms with E-state index >= 15 is 0 Å². The van der Waals surface area contributed by atoms with Crippen LogP contribution in [-0.2, 0) is 19.4 Å². The third-order valence-electron chi connectivity index (χ3n) is 19.5. The molecule has 1 aliphatic carbocycles. The molecular formula is C26H33FeNO. The van der Waals surface area contributed by atoms with Crippen LogP contribution in [0.1, 0.15) is 37.8 Å². The van der Waals surface area contributed by atoms with Crippen molar-refractivity contribution in [3.05, 3.63) is 29.3 Å². The maximum absolute atomic E-state index is 5.80. The summed E-state index contributed by atoms with van der Waals surface area (Å²) in [6.45, 7) is 3.52. The molecule has 0 amide bonds. The van der Waals surface area contributed by atoms with Crippen LogP contribution in [-0.4, -0.2) is 30.6 Å². The van der Waals surface area contributed by atoms with Crippen LogP contribution in [0.3, 0.4) is 0 Å². The van der Waals surface area contributed by atoms with Crippen molar-refractivity contribution in [3.8, 4) is 5.75 Å². The van der Waals surface area contributed by atoms with Gasteiger partial charge in [-0.1, -0.05) is 0 Å². The van der Waals surface area contributed by atoms with Crippen molar-refractivity contribution in [1.29, 1.82) is 0 Å². The summed E-state index contributed by atoms with van der Waals surface area (Å²) in [7, 11) is 1.86. The first-order valence-corrected chi connectivity index (χ1v) is 18.8. The molecule has 0 saturated carbocycles. The van der Waals surface area contributed by atoms with Crippen LogP contribution in [0.25, 0.3) is 0 Å². The van der Waals surface area contributed by atoms with Gasteiger partial charge in [0.05, 0.1) is 0 Å². The molecule has 1 aromatic rings. The van der Waals surface area contributed by atoms with Gasteiger partial charge in [-0.2, -0.15) is 0 Å². The molecule has 0 bridgehead atoms. The first-order valence-electron chi connectivity index (χ1n) is 12.5. The number of ether oxygens (including phenoxy) is 1. The van der Waals surface area contributed by atoms with E-state index in [-0.39, 0.29) is 0 Å². The fourth-order valence-corrected chi connectivity index (χ4v) is 96.6. The van der Waals surface area contributed by atoms with E-state index < -0.39 is 6.51 Å². The predicted octanol–water partition coefficient (Wildman–Crippen LogP) is 6.41. The standard InChI is InChI=1S/C21H28NO.C5H5.Fe/c1-4-14-22(16(2)17-8-5-6-9-17)19-13-12-18-10-7-11-21(23-3)20(18)15-19;1-2-4-5-3-1;/h5-11,16,19H,4,12-15H2,1-3H3;1-5H;. The summed E-state index contributed by atoms with van der Waals surface area (Å²) in [6, 6.07) is 8.43. The van der Waals surface area contributed by atoms with Gasteiger partial charge in [0.15, 0.2) is 0 Å². The first kappa shape index (κ1) is 13.8. The van der Waals surface area contributed by atoms with Crippen LogP contribution in [0.5, 0.6) is 5.75 Å². The number of hydrogen-bond donors (Lipinski definition) is 0. The van der Waals surface area contributed by atoms with Crippen LogP contribution in [0.4, 0.5) is 0 Å². The third kappa shape index (κ3) is 0.276. The molecule has 6 atom stereocenters. The fraction of sp³-hybridized carbons (Fsp3) is 0.769. The Morgan fingerprint density at radius 2 is 1.79 bits per heavy atom. The molecule has 10 saturated heterocycles. The van der Waals surface area contributed by atoms with Gasteiger partial charge in [-0.3, -0.25) is 0 Å². The monoisotopic (exact) mass is 431 g/mol. The minimum absolute atomic E-state index is 0.758. The van der Waals surface area contributed by atoms with Crippen LogP contribution >= 0.6 is 0 Å². The number of aryl methyl sites for hydroxylation is 1. The molecular weight excluding hydrogens is 398 g/mol. The Kier molecular flexibility index (Phi) is 0.842. The Morgan fingerprint density at radius 1 is 1.10 bits per heavy atom. The van der Waals surface area contributed by atoms with E-state index in [1.54, 1.807) is 5.56 Å².